The SMILES string of the molecule is Cc1cccc(-n2cc(C(=O)N3CCNC(C)C3)nn2)c1.Cl. The lowest BCUT2D eigenvalue weighted by atomic mass is 10.2. The first-order valence-electron chi connectivity index (χ1n) is 7.15. The number of hydrogen-bond acceptors (Lipinski definition) is 4. The highest BCUT2D eigenvalue weighted by Gasteiger charge is 2.23. The van der Waals surface area contributed by atoms with Gasteiger partial charge >= 0.3 is 0 Å². The molecule has 1 amide bonds. The molecule has 3 rings (SSSR count). The Morgan fingerprint density at radius 3 is 2.95 bits per heavy atom. The summed E-state index contributed by atoms with van der Waals surface area (Å²) in [7, 11) is 0. The average molecular weight is 322 g/mol. The largest absolute Gasteiger partial charge is 0.334 e. The summed E-state index contributed by atoms with van der Waals surface area (Å²) in [5.41, 5.74) is 2.45. The van der Waals surface area contributed by atoms with Crippen molar-refractivity contribution >= 4 is 18.3 Å². The molecule has 1 aromatic heterocycles. The van der Waals surface area contributed by atoms with Crippen molar-refractivity contribution in [1.82, 2.24) is 25.2 Å². The summed E-state index contributed by atoms with van der Waals surface area (Å²) in [4.78, 5) is 14.3. The number of nitrogens with zero attached hydrogens (tertiary/aromatic N) is 4. The molecule has 7 heteroatoms. The molecule has 0 radical (unpaired) electrons. The minimum Gasteiger partial charge on any atom is -0.334 e. The Hall–Kier alpha value is -1.92. The second kappa shape index (κ2) is 6.89. The fourth-order valence-electron chi connectivity index (χ4n) is 2.54. The van der Waals surface area contributed by atoms with E-state index in [-0.39, 0.29) is 18.3 Å². The van der Waals surface area contributed by atoms with Crippen LogP contribution >= 0.6 is 12.4 Å². The fourth-order valence-corrected chi connectivity index (χ4v) is 2.54. The van der Waals surface area contributed by atoms with E-state index in [0.717, 1.165) is 17.8 Å². The third-order valence-corrected chi connectivity index (χ3v) is 3.63. The average Bonchev–Trinajstić information content (AvgIpc) is 2.96. The molecule has 2 heterocycles. The Kier molecular flexibility index (Phi) is 5.15. The van der Waals surface area contributed by atoms with E-state index in [2.05, 4.69) is 22.6 Å². The molecule has 1 saturated heterocycles. The van der Waals surface area contributed by atoms with E-state index in [1.807, 2.05) is 36.1 Å². The Bertz CT molecular complexity index is 657. The van der Waals surface area contributed by atoms with Crippen molar-refractivity contribution in [3.63, 3.8) is 0 Å². The number of nitrogens with one attached hydrogen (secondary N) is 1. The van der Waals surface area contributed by atoms with Crippen molar-refractivity contribution < 1.29 is 4.79 Å². The number of aryl methyl sites for hydroxylation is 1. The third kappa shape index (κ3) is 3.45. The van der Waals surface area contributed by atoms with E-state index in [4.69, 9.17) is 0 Å². The summed E-state index contributed by atoms with van der Waals surface area (Å²) < 4.78 is 1.64. The molecule has 6 nitrogen and oxygen atoms in total. The van der Waals surface area contributed by atoms with Crippen LogP contribution in [0.5, 0.6) is 0 Å². The van der Waals surface area contributed by atoms with Crippen LogP contribution < -0.4 is 5.32 Å². The molecule has 1 fully saturated rings. The molecule has 1 unspecified atom stereocenters. The van der Waals surface area contributed by atoms with Crippen LogP contribution in [-0.4, -0.2) is 51.5 Å². The van der Waals surface area contributed by atoms with Crippen molar-refractivity contribution in [2.24, 2.45) is 0 Å². The maximum absolute atomic E-state index is 12.4. The number of aromatic nitrogens is 3. The summed E-state index contributed by atoms with van der Waals surface area (Å²) in [6, 6.07) is 8.26. The summed E-state index contributed by atoms with van der Waals surface area (Å²) >= 11 is 0. The molecule has 1 N–H and O–H groups in total. The van der Waals surface area contributed by atoms with E-state index in [1.54, 1.807) is 10.9 Å². The Morgan fingerprint density at radius 2 is 2.23 bits per heavy atom. The van der Waals surface area contributed by atoms with Gasteiger partial charge in [-0.1, -0.05) is 17.3 Å². The molecular formula is C15H20ClN5O. The molecule has 2 aromatic rings. The highest BCUT2D eigenvalue weighted by molar-refractivity contribution is 5.92. The second-order valence-electron chi connectivity index (χ2n) is 5.49. The van der Waals surface area contributed by atoms with Crippen molar-refractivity contribution in [2.75, 3.05) is 19.6 Å². The van der Waals surface area contributed by atoms with E-state index in [9.17, 15) is 4.79 Å². The van der Waals surface area contributed by atoms with Crippen LogP contribution in [0.2, 0.25) is 0 Å². The van der Waals surface area contributed by atoms with Crippen LogP contribution in [0.3, 0.4) is 0 Å². The monoisotopic (exact) mass is 321 g/mol. The number of piperazine rings is 1. The van der Waals surface area contributed by atoms with Gasteiger partial charge in [0.2, 0.25) is 0 Å². The zero-order chi connectivity index (χ0) is 14.8. The maximum Gasteiger partial charge on any atom is 0.276 e. The van der Waals surface area contributed by atoms with Crippen molar-refractivity contribution in [1.29, 1.82) is 0 Å². The molecule has 1 aliphatic heterocycles. The van der Waals surface area contributed by atoms with Gasteiger partial charge in [-0.2, -0.15) is 0 Å². The van der Waals surface area contributed by atoms with Gasteiger partial charge in [-0.3, -0.25) is 4.79 Å². The second-order valence-corrected chi connectivity index (χ2v) is 5.49. The van der Waals surface area contributed by atoms with Crippen LogP contribution in [0.15, 0.2) is 30.5 Å². The van der Waals surface area contributed by atoms with Crippen molar-refractivity contribution in [3.05, 3.63) is 41.7 Å². The number of carbonyl (C=O) groups excluding carboxylic acids is 1. The smallest absolute Gasteiger partial charge is 0.276 e. The Balaban J connectivity index is 0.00000176. The van der Waals surface area contributed by atoms with Crippen LogP contribution in [0.1, 0.15) is 23.0 Å². The molecule has 0 bridgehead atoms. The maximum atomic E-state index is 12.4. The van der Waals surface area contributed by atoms with E-state index in [1.165, 1.54) is 0 Å². The number of carbonyl (C=O) groups is 1. The predicted molar refractivity (Wildman–Crippen MR) is 86.7 cm³/mol. The van der Waals surface area contributed by atoms with Gasteiger partial charge in [0, 0.05) is 25.7 Å². The summed E-state index contributed by atoms with van der Waals surface area (Å²) in [6.07, 6.45) is 1.70. The van der Waals surface area contributed by atoms with E-state index in [0.29, 0.717) is 24.8 Å². The van der Waals surface area contributed by atoms with Crippen molar-refractivity contribution in [3.8, 4) is 5.69 Å². The van der Waals surface area contributed by atoms with Crippen LogP contribution in [-0.2, 0) is 0 Å². The van der Waals surface area contributed by atoms with Gasteiger partial charge in [0.25, 0.3) is 5.91 Å². The minimum absolute atomic E-state index is 0. The van der Waals surface area contributed by atoms with Gasteiger partial charge < -0.3 is 10.2 Å². The predicted octanol–water partition coefficient (Wildman–Crippen LogP) is 1.43. The first-order chi connectivity index (χ1) is 10.1. The molecule has 0 spiro atoms. The van der Waals surface area contributed by atoms with Gasteiger partial charge in [0.1, 0.15) is 0 Å². The number of amides is 1. The molecule has 0 saturated carbocycles. The number of benzene rings is 1. The zero-order valence-electron chi connectivity index (χ0n) is 12.7. The quantitative estimate of drug-likeness (QED) is 0.909. The number of halogens is 1. The number of hydrogen-bond donors (Lipinski definition) is 1. The molecule has 0 aliphatic carbocycles. The molecule has 1 aliphatic rings. The number of rotatable bonds is 2. The third-order valence-electron chi connectivity index (χ3n) is 3.63. The van der Waals surface area contributed by atoms with Crippen LogP contribution in [0.4, 0.5) is 0 Å². The molecule has 22 heavy (non-hydrogen) atoms. The Labute approximate surface area is 135 Å². The lowest BCUT2D eigenvalue weighted by molar-refractivity contribution is 0.0703. The van der Waals surface area contributed by atoms with Gasteiger partial charge in [-0.15, -0.1) is 17.5 Å². The summed E-state index contributed by atoms with van der Waals surface area (Å²) in [5.74, 6) is -0.0535. The van der Waals surface area contributed by atoms with Crippen LogP contribution in [0, 0.1) is 6.92 Å². The van der Waals surface area contributed by atoms with Gasteiger partial charge in [-0.25, -0.2) is 4.68 Å². The standard InChI is InChI=1S/C15H19N5O.ClH/c1-11-4-3-5-13(8-11)20-10-14(17-18-20)15(21)19-7-6-16-12(2)9-19;/h3-5,8,10,12,16H,6-7,9H2,1-2H3;1H. The molecule has 1 aromatic carbocycles. The summed E-state index contributed by atoms with van der Waals surface area (Å²) in [5, 5.41) is 11.4. The van der Waals surface area contributed by atoms with Crippen molar-refractivity contribution in [2.45, 2.75) is 19.9 Å². The summed E-state index contributed by atoms with van der Waals surface area (Å²) in [6.45, 7) is 6.33. The van der Waals surface area contributed by atoms with Gasteiger partial charge in [0.15, 0.2) is 5.69 Å². The molecular weight excluding hydrogens is 302 g/mol. The first-order valence-corrected chi connectivity index (χ1v) is 7.15. The zero-order valence-corrected chi connectivity index (χ0v) is 13.5. The van der Waals surface area contributed by atoms with Gasteiger partial charge in [-0.05, 0) is 31.5 Å². The Morgan fingerprint density at radius 1 is 1.41 bits per heavy atom. The highest BCUT2D eigenvalue weighted by atomic mass is 35.5. The molecule has 1 atom stereocenters. The highest BCUT2D eigenvalue weighted by Crippen LogP contribution is 2.11. The lowest BCUT2D eigenvalue weighted by Gasteiger charge is -2.31. The fraction of sp³-hybridized carbons (Fsp3) is 0.400. The van der Waals surface area contributed by atoms with Crippen LogP contribution in [0.25, 0.3) is 5.69 Å². The normalized spacial score (nSPS) is 17.9. The topological polar surface area (TPSA) is 63.1 Å². The van der Waals surface area contributed by atoms with E-state index < -0.39 is 0 Å². The lowest BCUT2D eigenvalue weighted by Crippen LogP contribution is -2.51. The van der Waals surface area contributed by atoms with Gasteiger partial charge in [0.05, 0.1) is 11.9 Å². The first kappa shape index (κ1) is 16.5. The van der Waals surface area contributed by atoms with E-state index >= 15 is 0 Å². The molecule has 118 valence electrons. The minimum atomic E-state index is -0.0535.